The van der Waals surface area contributed by atoms with Crippen molar-refractivity contribution >= 4 is 27.4 Å². The maximum atomic E-state index is 16.0. The van der Waals surface area contributed by atoms with Gasteiger partial charge < -0.3 is 20.0 Å². The van der Waals surface area contributed by atoms with Gasteiger partial charge in [0.05, 0.1) is 18.7 Å². The minimum absolute atomic E-state index is 0.408. The number of piperazine rings is 1. The van der Waals surface area contributed by atoms with Crippen molar-refractivity contribution in [3.63, 3.8) is 0 Å². The molecule has 25 heteroatoms. The molecule has 8 aromatic rings. The fourth-order valence-corrected chi connectivity index (χ4v) is 8.00. The fourth-order valence-electron chi connectivity index (χ4n) is 7.76. The fraction of sp³-hybridized carbons (Fsp3) is 0.217. The van der Waals surface area contributed by atoms with Crippen molar-refractivity contribution in [1.82, 2.24) is 55.4 Å². The standard InChI is InChI=1S/C31H25F4N9O.C15H10BrF4N5O/c32-24-5-8-26(27(33)15-24)30(45,19-44-20-39-40-41-44)31(34,35)28-9-4-23(18-37-28)22-2-6-25(7-3-22)42-11-13-43(14-12-42)29-10-1-21(16-36)17-38-29;16-9-1-4-13(21-6-9)15(19,20)14(26,7-25-8-22-23-24-25)11-3-2-10(17)5-12(11)18/h1-10,15,17-18,20,45H,11-14,19H2;1-6,8,26H,7H2/t30-;14-/m00/s1. The lowest BCUT2D eigenvalue weighted by atomic mass is 9.84. The molecular formula is C46H35BrF8N14O2. The molecule has 0 saturated carbocycles. The molecule has 2 atom stereocenters. The van der Waals surface area contributed by atoms with Crippen LogP contribution in [0.25, 0.3) is 11.1 Å². The second-order valence-electron chi connectivity index (χ2n) is 16.0. The van der Waals surface area contributed by atoms with Gasteiger partial charge in [-0.1, -0.05) is 18.2 Å². The van der Waals surface area contributed by atoms with E-state index in [1.165, 1.54) is 18.3 Å². The lowest BCUT2D eigenvalue weighted by molar-refractivity contribution is -0.207. The number of halogens is 9. The first-order chi connectivity index (χ1) is 33.9. The quantitative estimate of drug-likeness (QED) is 0.111. The van der Waals surface area contributed by atoms with Gasteiger partial charge >= 0.3 is 11.8 Å². The highest BCUT2D eigenvalue weighted by molar-refractivity contribution is 9.10. The van der Waals surface area contributed by atoms with Crippen LogP contribution in [0.1, 0.15) is 28.1 Å². The summed E-state index contributed by atoms with van der Waals surface area (Å²) in [6.45, 7) is 1.19. The average molecular weight is 1050 g/mol. The van der Waals surface area contributed by atoms with Crippen molar-refractivity contribution in [2.45, 2.75) is 36.1 Å². The molecule has 1 fully saturated rings. The number of alkyl halides is 4. The van der Waals surface area contributed by atoms with Gasteiger partial charge in [0.1, 0.15) is 59.2 Å². The Morgan fingerprint density at radius 2 is 1.08 bits per heavy atom. The Morgan fingerprint density at radius 3 is 1.51 bits per heavy atom. The monoisotopic (exact) mass is 1050 g/mol. The largest absolute Gasteiger partial charge is 0.377 e. The van der Waals surface area contributed by atoms with Crippen LogP contribution in [0.3, 0.4) is 0 Å². The third-order valence-corrected chi connectivity index (χ3v) is 12.0. The van der Waals surface area contributed by atoms with Gasteiger partial charge in [0, 0.05) is 83.8 Å². The molecule has 0 amide bonds. The van der Waals surface area contributed by atoms with Crippen molar-refractivity contribution in [3.8, 4) is 17.2 Å². The highest BCUT2D eigenvalue weighted by Crippen LogP contribution is 2.48. The van der Waals surface area contributed by atoms with Crippen LogP contribution in [0, 0.1) is 34.6 Å². The molecule has 0 unspecified atom stereocenters. The van der Waals surface area contributed by atoms with E-state index in [1.54, 1.807) is 12.3 Å². The number of nitriles is 1. The Balaban J connectivity index is 0.000000221. The van der Waals surface area contributed by atoms with Crippen LogP contribution in [0.4, 0.5) is 46.6 Å². The summed E-state index contributed by atoms with van der Waals surface area (Å²) in [4.78, 5) is 16.3. The predicted octanol–water partition coefficient (Wildman–Crippen LogP) is 7.07. The van der Waals surface area contributed by atoms with Gasteiger partial charge in [-0.3, -0.25) is 9.97 Å². The molecule has 1 aliphatic heterocycles. The first-order valence-electron chi connectivity index (χ1n) is 21.0. The van der Waals surface area contributed by atoms with Crippen molar-refractivity contribution in [2.24, 2.45) is 0 Å². The number of tetrazole rings is 2. The van der Waals surface area contributed by atoms with Gasteiger partial charge in [0.25, 0.3) is 0 Å². The van der Waals surface area contributed by atoms with Crippen LogP contribution < -0.4 is 9.80 Å². The molecular weight excluding hydrogens is 1010 g/mol. The molecule has 16 nitrogen and oxygen atoms in total. The molecule has 0 bridgehead atoms. The zero-order chi connectivity index (χ0) is 50.6. The zero-order valence-electron chi connectivity index (χ0n) is 36.4. The van der Waals surface area contributed by atoms with E-state index < -0.39 is 81.9 Å². The molecule has 364 valence electrons. The Hall–Kier alpha value is -7.82. The number of aromatic nitrogens is 11. The molecule has 1 saturated heterocycles. The summed E-state index contributed by atoms with van der Waals surface area (Å²) in [7, 11) is 0. The van der Waals surface area contributed by atoms with E-state index >= 15 is 17.6 Å². The zero-order valence-corrected chi connectivity index (χ0v) is 38.0. The maximum absolute atomic E-state index is 16.0. The number of aliphatic hydroxyl groups is 2. The maximum Gasteiger partial charge on any atom is 0.323 e. The molecule has 1 aliphatic rings. The summed E-state index contributed by atoms with van der Waals surface area (Å²) in [6, 6.07) is 21.9. The predicted molar refractivity (Wildman–Crippen MR) is 239 cm³/mol. The minimum Gasteiger partial charge on any atom is -0.377 e. The third kappa shape index (κ3) is 10.3. The highest BCUT2D eigenvalue weighted by atomic mass is 79.9. The van der Waals surface area contributed by atoms with Crippen molar-refractivity contribution < 1.29 is 45.3 Å². The lowest BCUT2D eigenvalue weighted by Crippen LogP contribution is -2.48. The smallest absolute Gasteiger partial charge is 0.323 e. The average Bonchev–Trinajstić information content (AvgIpc) is 4.09. The van der Waals surface area contributed by atoms with E-state index in [9.17, 15) is 27.8 Å². The first-order valence-corrected chi connectivity index (χ1v) is 21.8. The van der Waals surface area contributed by atoms with Gasteiger partial charge in [-0.25, -0.2) is 31.9 Å². The Bertz CT molecular complexity index is 3110. The van der Waals surface area contributed by atoms with E-state index in [2.05, 4.69) is 77.8 Å². The van der Waals surface area contributed by atoms with Crippen LogP contribution in [0.15, 0.2) is 133 Å². The van der Waals surface area contributed by atoms with E-state index in [1.807, 2.05) is 30.3 Å². The van der Waals surface area contributed by atoms with Gasteiger partial charge in [0.15, 0.2) is 11.2 Å². The Morgan fingerprint density at radius 1 is 0.577 bits per heavy atom. The van der Waals surface area contributed by atoms with E-state index in [-0.39, 0.29) is 0 Å². The Kier molecular flexibility index (Phi) is 14.2. The molecule has 5 aromatic heterocycles. The van der Waals surface area contributed by atoms with Crippen molar-refractivity contribution in [3.05, 3.63) is 184 Å². The van der Waals surface area contributed by atoms with Gasteiger partial charge in [0.2, 0.25) is 0 Å². The second kappa shape index (κ2) is 20.3. The summed E-state index contributed by atoms with van der Waals surface area (Å²) < 4.78 is 120. The number of hydrogen-bond donors (Lipinski definition) is 2. The molecule has 9 rings (SSSR count). The highest BCUT2D eigenvalue weighted by Gasteiger charge is 2.59. The Labute approximate surface area is 405 Å². The number of pyridine rings is 3. The molecule has 0 radical (unpaired) electrons. The van der Waals surface area contributed by atoms with E-state index in [4.69, 9.17) is 5.26 Å². The third-order valence-electron chi connectivity index (χ3n) is 11.5. The van der Waals surface area contributed by atoms with Crippen LogP contribution in [0.5, 0.6) is 0 Å². The van der Waals surface area contributed by atoms with Crippen LogP contribution >= 0.6 is 15.9 Å². The number of hydrogen-bond acceptors (Lipinski definition) is 14. The van der Waals surface area contributed by atoms with E-state index in [0.29, 0.717) is 27.7 Å². The number of anilines is 2. The SMILES string of the molecule is N#Cc1ccc(N2CCN(c3ccc(-c4ccc(C(F)(F)[C@](O)(Cn5cnnn5)c5ccc(F)cc5F)nc4)cc3)CC2)nc1.O[C@@](Cn1cnnn1)(c1ccc(F)cc1F)C(F)(F)c1ccc(Br)cn1. The summed E-state index contributed by atoms with van der Waals surface area (Å²) in [5.74, 6) is -12.0. The molecule has 0 spiro atoms. The second-order valence-corrected chi connectivity index (χ2v) is 16.9. The topological polar surface area (TPSA) is 197 Å². The minimum atomic E-state index is -4.14. The normalized spacial score (nSPS) is 14.7. The summed E-state index contributed by atoms with van der Waals surface area (Å²) in [5.41, 5.74) is -6.84. The van der Waals surface area contributed by atoms with Gasteiger partial charge in [-0.05, 0) is 109 Å². The van der Waals surface area contributed by atoms with Crippen molar-refractivity contribution in [1.29, 1.82) is 5.26 Å². The molecule has 71 heavy (non-hydrogen) atoms. The summed E-state index contributed by atoms with van der Waals surface area (Å²) in [6.07, 6.45) is 5.90. The van der Waals surface area contributed by atoms with E-state index in [0.717, 1.165) is 108 Å². The number of rotatable bonds is 13. The van der Waals surface area contributed by atoms with Gasteiger partial charge in [-0.2, -0.15) is 22.8 Å². The molecule has 0 aliphatic carbocycles. The molecule has 3 aromatic carbocycles. The summed E-state index contributed by atoms with van der Waals surface area (Å²) >= 11 is 3.07. The number of benzene rings is 3. The van der Waals surface area contributed by atoms with Gasteiger partial charge in [-0.15, -0.1) is 10.2 Å². The van der Waals surface area contributed by atoms with Crippen LogP contribution in [-0.4, -0.2) is 91.8 Å². The molecule has 6 heterocycles. The van der Waals surface area contributed by atoms with Crippen LogP contribution in [0.2, 0.25) is 0 Å². The first kappa shape index (κ1) is 49.6. The number of nitrogens with zero attached hydrogens (tertiary/aromatic N) is 14. The summed E-state index contributed by atoms with van der Waals surface area (Å²) in [5, 5.41) is 51.6. The lowest BCUT2D eigenvalue weighted by Gasteiger charge is -2.36. The van der Waals surface area contributed by atoms with Crippen molar-refractivity contribution in [2.75, 3.05) is 36.0 Å². The van der Waals surface area contributed by atoms with Crippen LogP contribution in [-0.2, 0) is 36.1 Å². The molecule has 2 N–H and O–H groups in total.